The van der Waals surface area contributed by atoms with E-state index in [1.807, 2.05) is 19.1 Å². The fourth-order valence-electron chi connectivity index (χ4n) is 5.21. The van der Waals surface area contributed by atoms with Gasteiger partial charge in [0.1, 0.15) is 17.2 Å². The Balaban J connectivity index is 1.36. The summed E-state index contributed by atoms with van der Waals surface area (Å²) >= 11 is 0. The maximum atomic E-state index is 12.4. The van der Waals surface area contributed by atoms with Gasteiger partial charge in [-0.25, -0.2) is 4.79 Å². The molecule has 0 spiro atoms. The summed E-state index contributed by atoms with van der Waals surface area (Å²) < 4.78 is 16.9. The standard InChI is InChI=1S/C31H44O4/c1-3-5-6-7-8-12-25-13-9-10-14-26(25)15-11-24-34-29-20-22-30(23-21-29)35-31(32)27-16-18-28(19-17-27)33-4-2/h16-23,25-26H,3-15,24H2,1-2H3. The molecule has 0 saturated heterocycles. The molecule has 2 aromatic rings. The zero-order chi connectivity index (χ0) is 24.7. The molecule has 1 aliphatic rings. The van der Waals surface area contributed by atoms with Crippen LogP contribution in [0.4, 0.5) is 0 Å². The van der Waals surface area contributed by atoms with Gasteiger partial charge in [-0.3, -0.25) is 0 Å². The van der Waals surface area contributed by atoms with Crippen molar-refractivity contribution in [3.8, 4) is 17.2 Å². The topological polar surface area (TPSA) is 44.8 Å². The Morgan fingerprint density at radius 2 is 1.29 bits per heavy atom. The molecule has 1 saturated carbocycles. The second-order valence-electron chi connectivity index (χ2n) is 9.82. The molecule has 4 heteroatoms. The van der Waals surface area contributed by atoms with Crippen molar-refractivity contribution in [2.24, 2.45) is 11.8 Å². The quantitative estimate of drug-likeness (QED) is 0.145. The molecule has 0 aliphatic heterocycles. The van der Waals surface area contributed by atoms with Crippen LogP contribution >= 0.6 is 0 Å². The van der Waals surface area contributed by atoms with Crippen LogP contribution in [0.2, 0.25) is 0 Å². The summed E-state index contributed by atoms with van der Waals surface area (Å²) in [6, 6.07) is 14.3. The minimum absolute atomic E-state index is 0.380. The SMILES string of the molecule is CCCCCCCC1CCCCC1CCCOc1ccc(OC(=O)c2ccc(OCC)cc2)cc1. The first kappa shape index (κ1) is 27.1. The van der Waals surface area contributed by atoms with E-state index in [1.54, 1.807) is 36.4 Å². The number of benzene rings is 2. The first-order valence-corrected chi connectivity index (χ1v) is 13.9. The van der Waals surface area contributed by atoms with Gasteiger partial charge in [0.05, 0.1) is 18.8 Å². The molecular formula is C31H44O4. The molecule has 3 rings (SSSR count). The average Bonchev–Trinajstić information content (AvgIpc) is 2.89. The number of carbonyl (C=O) groups is 1. The van der Waals surface area contributed by atoms with Crippen LogP contribution in [0.5, 0.6) is 17.2 Å². The highest BCUT2D eigenvalue weighted by Gasteiger charge is 2.24. The fraction of sp³-hybridized carbons (Fsp3) is 0.581. The van der Waals surface area contributed by atoms with E-state index in [0.29, 0.717) is 17.9 Å². The third-order valence-electron chi connectivity index (χ3n) is 7.17. The number of unbranched alkanes of at least 4 members (excludes halogenated alkanes) is 4. The monoisotopic (exact) mass is 480 g/mol. The van der Waals surface area contributed by atoms with Crippen molar-refractivity contribution in [3.63, 3.8) is 0 Å². The fourth-order valence-corrected chi connectivity index (χ4v) is 5.21. The molecule has 0 heterocycles. The van der Waals surface area contributed by atoms with Crippen LogP contribution in [0.25, 0.3) is 0 Å². The number of ether oxygens (including phenoxy) is 3. The van der Waals surface area contributed by atoms with E-state index in [2.05, 4.69) is 6.92 Å². The summed E-state index contributed by atoms with van der Waals surface area (Å²) in [6.07, 6.45) is 16.4. The molecule has 0 bridgehead atoms. The van der Waals surface area contributed by atoms with Gasteiger partial charge in [0, 0.05) is 0 Å². The Morgan fingerprint density at radius 3 is 1.94 bits per heavy atom. The molecule has 0 amide bonds. The lowest BCUT2D eigenvalue weighted by Crippen LogP contribution is -2.20. The summed E-state index contributed by atoms with van der Waals surface area (Å²) in [5.74, 6) is 3.50. The number of rotatable bonds is 15. The minimum atomic E-state index is -0.380. The van der Waals surface area contributed by atoms with Crippen molar-refractivity contribution in [2.75, 3.05) is 13.2 Å². The second kappa shape index (κ2) is 15.5. The van der Waals surface area contributed by atoms with Gasteiger partial charge in [0.25, 0.3) is 0 Å². The molecule has 1 fully saturated rings. The van der Waals surface area contributed by atoms with Crippen molar-refractivity contribution in [1.29, 1.82) is 0 Å². The first-order valence-electron chi connectivity index (χ1n) is 13.9. The lowest BCUT2D eigenvalue weighted by atomic mass is 9.74. The number of hydrogen-bond donors (Lipinski definition) is 0. The largest absolute Gasteiger partial charge is 0.494 e. The minimum Gasteiger partial charge on any atom is -0.494 e. The predicted molar refractivity (Wildman–Crippen MR) is 143 cm³/mol. The zero-order valence-electron chi connectivity index (χ0n) is 21.8. The van der Waals surface area contributed by atoms with Crippen molar-refractivity contribution < 1.29 is 19.0 Å². The highest BCUT2D eigenvalue weighted by Crippen LogP contribution is 2.36. The van der Waals surface area contributed by atoms with E-state index in [1.165, 1.54) is 70.6 Å². The van der Waals surface area contributed by atoms with Crippen molar-refractivity contribution in [3.05, 3.63) is 54.1 Å². The van der Waals surface area contributed by atoms with E-state index < -0.39 is 0 Å². The summed E-state index contributed by atoms with van der Waals surface area (Å²) in [4.78, 5) is 12.4. The number of hydrogen-bond acceptors (Lipinski definition) is 4. The van der Waals surface area contributed by atoms with Gasteiger partial charge in [0.15, 0.2) is 0 Å². The maximum Gasteiger partial charge on any atom is 0.343 e. The maximum absolute atomic E-state index is 12.4. The van der Waals surface area contributed by atoms with Crippen LogP contribution in [0.3, 0.4) is 0 Å². The van der Waals surface area contributed by atoms with Gasteiger partial charge in [-0.05, 0) is 80.1 Å². The number of carbonyl (C=O) groups excluding carboxylic acids is 1. The number of esters is 1. The lowest BCUT2D eigenvalue weighted by molar-refractivity contribution is 0.0734. The molecule has 4 nitrogen and oxygen atoms in total. The van der Waals surface area contributed by atoms with E-state index in [-0.39, 0.29) is 5.97 Å². The molecule has 2 atom stereocenters. The Bertz CT molecular complexity index is 843. The highest BCUT2D eigenvalue weighted by molar-refractivity contribution is 5.91. The lowest BCUT2D eigenvalue weighted by Gasteiger charge is -2.31. The molecule has 2 unspecified atom stereocenters. The summed E-state index contributed by atoms with van der Waals surface area (Å²) in [7, 11) is 0. The Kier molecular flexibility index (Phi) is 12.0. The molecular weight excluding hydrogens is 436 g/mol. The smallest absolute Gasteiger partial charge is 0.343 e. The predicted octanol–water partition coefficient (Wildman–Crippen LogP) is 8.63. The molecule has 0 radical (unpaired) electrons. The molecule has 2 aromatic carbocycles. The van der Waals surface area contributed by atoms with Crippen LogP contribution in [0.1, 0.15) is 101 Å². The van der Waals surface area contributed by atoms with Gasteiger partial charge in [-0.15, -0.1) is 0 Å². The molecule has 0 aromatic heterocycles. The van der Waals surface area contributed by atoms with Crippen LogP contribution in [-0.4, -0.2) is 19.2 Å². The van der Waals surface area contributed by atoms with Crippen molar-refractivity contribution >= 4 is 5.97 Å². The molecule has 192 valence electrons. The summed E-state index contributed by atoms with van der Waals surface area (Å²) in [6.45, 7) is 5.55. The zero-order valence-corrected chi connectivity index (χ0v) is 21.8. The Labute approximate surface area is 212 Å². The van der Waals surface area contributed by atoms with Gasteiger partial charge in [-0.1, -0.05) is 71.1 Å². The van der Waals surface area contributed by atoms with E-state index in [9.17, 15) is 4.79 Å². The van der Waals surface area contributed by atoms with E-state index in [4.69, 9.17) is 14.2 Å². The van der Waals surface area contributed by atoms with Gasteiger partial charge < -0.3 is 14.2 Å². The molecule has 1 aliphatic carbocycles. The third-order valence-corrected chi connectivity index (χ3v) is 7.17. The van der Waals surface area contributed by atoms with Crippen LogP contribution < -0.4 is 14.2 Å². The summed E-state index contributed by atoms with van der Waals surface area (Å²) in [5, 5.41) is 0. The van der Waals surface area contributed by atoms with E-state index >= 15 is 0 Å². The summed E-state index contributed by atoms with van der Waals surface area (Å²) in [5.41, 5.74) is 0.496. The van der Waals surface area contributed by atoms with Gasteiger partial charge in [0.2, 0.25) is 0 Å². The third kappa shape index (κ3) is 9.58. The van der Waals surface area contributed by atoms with Crippen LogP contribution in [-0.2, 0) is 0 Å². The Hall–Kier alpha value is -2.49. The highest BCUT2D eigenvalue weighted by atomic mass is 16.5. The average molecular weight is 481 g/mol. The Morgan fingerprint density at radius 1 is 0.714 bits per heavy atom. The van der Waals surface area contributed by atoms with Gasteiger partial charge in [-0.2, -0.15) is 0 Å². The molecule has 35 heavy (non-hydrogen) atoms. The van der Waals surface area contributed by atoms with Gasteiger partial charge >= 0.3 is 5.97 Å². The van der Waals surface area contributed by atoms with Crippen molar-refractivity contribution in [2.45, 2.75) is 90.9 Å². The van der Waals surface area contributed by atoms with Crippen molar-refractivity contribution in [1.82, 2.24) is 0 Å². The second-order valence-corrected chi connectivity index (χ2v) is 9.82. The molecule has 0 N–H and O–H groups in total. The van der Waals surface area contributed by atoms with E-state index in [0.717, 1.165) is 36.4 Å². The van der Waals surface area contributed by atoms with Crippen LogP contribution in [0.15, 0.2) is 48.5 Å². The normalized spacial score (nSPS) is 17.7. The first-order chi connectivity index (χ1) is 17.2. The van der Waals surface area contributed by atoms with Crippen LogP contribution in [0, 0.1) is 11.8 Å².